The summed E-state index contributed by atoms with van der Waals surface area (Å²) >= 11 is 0. The van der Waals surface area contributed by atoms with Gasteiger partial charge >= 0.3 is 15.6 Å². The molecule has 0 radical (unpaired) electrons. The molecule has 198 valence electrons. The Hall–Kier alpha value is -0.666. The van der Waals surface area contributed by atoms with Crippen LogP contribution in [0.4, 0.5) is 13.2 Å². The molecule has 2 aliphatic rings. The van der Waals surface area contributed by atoms with Gasteiger partial charge in [-0.05, 0) is 49.2 Å². The molecule has 34 heavy (non-hydrogen) atoms. The minimum atomic E-state index is -5.85. The third-order valence-electron chi connectivity index (χ3n) is 5.57. The molecule has 0 spiro atoms. The van der Waals surface area contributed by atoms with E-state index in [4.69, 9.17) is 17.8 Å². The van der Waals surface area contributed by atoms with E-state index in [9.17, 15) is 21.6 Å². The van der Waals surface area contributed by atoms with E-state index in [0.717, 1.165) is 0 Å². The Morgan fingerprint density at radius 3 is 1.79 bits per heavy atom. The van der Waals surface area contributed by atoms with Crippen molar-refractivity contribution in [3.8, 4) is 0 Å². The molecule has 0 aromatic heterocycles. The molecule has 2 rings (SSSR count). The smallest absolute Gasteiger partial charge is 0.414 e. The number of ether oxygens (including phenoxy) is 1. The normalized spacial score (nSPS) is 27.8. The molecule has 4 atom stereocenters. The van der Waals surface area contributed by atoms with Crippen molar-refractivity contribution < 1.29 is 39.4 Å². The van der Waals surface area contributed by atoms with Gasteiger partial charge in [-0.1, -0.05) is 47.6 Å². The van der Waals surface area contributed by atoms with Crippen molar-refractivity contribution >= 4 is 28.2 Å². The lowest BCUT2D eigenvalue weighted by atomic mass is 9.75. The monoisotopic (exact) mass is 544 g/mol. The Bertz CT molecular complexity index is 918. The first-order valence-corrected chi connectivity index (χ1v) is 18.5. The molecule has 0 amide bonds. The molecule has 0 aliphatic carbocycles. The fourth-order valence-corrected chi connectivity index (χ4v) is 7.52. The van der Waals surface area contributed by atoms with Crippen LogP contribution in [0.25, 0.3) is 0 Å². The summed E-state index contributed by atoms with van der Waals surface area (Å²) in [5.74, 6) is -0.319. The van der Waals surface area contributed by atoms with Crippen LogP contribution in [0, 0.1) is 10.8 Å². The third-order valence-corrected chi connectivity index (χ3v) is 8.21. The van der Waals surface area contributed by atoms with Gasteiger partial charge in [0.15, 0.2) is 18.1 Å². The molecule has 0 N–H and O–H groups in total. The minimum Gasteiger partial charge on any atom is -0.414 e. The quantitative estimate of drug-likeness (QED) is 0.185. The second-order valence-corrected chi connectivity index (χ2v) is 18.2. The maximum atomic E-state index is 13.2. The first-order valence-electron chi connectivity index (χ1n) is 11.5. The Kier molecular flexibility index (Phi) is 8.11. The number of alkyl halides is 3. The maximum Gasteiger partial charge on any atom is 0.534 e. The van der Waals surface area contributed by atoms with Crippen molar-refractivity contribution in [2.75, 3.05) is 0 Å². The molecule has 12 heteroatoms. The molecule has 0 aromatic carbocycles. The highest BCUT2D eigenvalue weighted by Gasteiger charge is 2.61. The first kappa shape index (κ1) is 29.6. The highest BCUT2D eigenvalue weighted by Crippen LogP contribution is 2.53. The van der Waals surface area contributed by atoms with E-state index < -0.39 is 67.9 Å². The number of hydrogen-bond acceptors (Lipinski definition) is 6. The largest absolute Gasteiger partial charge is 0.534 e. The first-order chi connectivity index (χ1) is 15.0. The zero-order valence-electron chi connectivity index (χ0n) is 21.7. The molecular formula is C22H39F3O6SSi2. The van der Waals surface area contributed by atoms with E-state index in [0.29, 0.717) is 0 Å². The van der Waals surface area contributed by atoms with E-state index in [-0.39, 0.29) is 12.2 Å². The van der Waals surface area contributed by atoms with Gasteiger partial charge < -0.3 is 17.8 Å². The topological polar surface area (TPSA) is 71.1 Å². The van der Waals surface area contributed by atoms with Crippen molar-refractivity contribution in [3.05, 3.63) is 24.0 Å². The summed E-state index contributed by atoms with van der Waals surface area (Å²) in [5.41, 5.74) is -9.02. The standard InChI is InChI=1S/C22H39F3O6SSi2/c1-18(2,3)16(29-33(7)8)20-11-12-21(31-20,17(19(4,5)6)30-34(9)10)14-15(13-20)28-32(26,27)22(23,24)25/h11-13,16-17,33-34H,14H2,1-10H3. The summed E-state index contributed by atoms with van der Waals surface area (Å²) in [6.45, 7) is 19.7. The predicted octanol–water partition coefficient (Wildman–Crippen LogP) is 5.03. The predicted molar refractivity (Wildman–Crippen MR) is 131 cm³/mol. The van der Waals surface area contributed by atoms with E-state index in [1.54, 1.807) is 12.2 Å². The molecular weight excluding hydrogens is 505 g/mol. The molecule has 6 nitrogen and oxygen atoms in total. The summed E-state index contributed by atoms with van der Waals surface area (Å²) < 4.78 is 87.7. The molecule has 2 bridgehead atoms. The van der Waals surface area contributed by atoms with Crippen LogP contribution in [0.1, 0.15) is 48.0 Å². The fraction of sp³-hybridized carbons (Fsp3) is 0.818. The highest BCUT2D eigenvalue weighted by molar-refractivity contribution is 7.87. The molecule has 2 aliphatic heterocycles. The average Bonchev–Trinajstić information content (AvgIpc) is 2.86. The maximum absolute atomic E-state index is 13.2. The van der Waals surface area contributed by atoms with Gasteiger partial charge in [0.25, 0.3) is 0 Å². The molecule has 0 saturated heterocycles. The van der Waals surface area contributed by atoms with Crippen LogP contribution in [0.5, 0.6) is 0 Å². The molecule has 0 fully saturated rings. The van der Waals surface area contributed by atoms with Gasteiger partial charge in [-0.2, -0.15) is 21.6 Å². The summed E-state index contributed by atoms with van der Waals surface area (Å²) in [7, 11) is -9.12. The highest BCUT2D eigenvalue weighted by atomic mass is 32.2. The lowest BCUT2D eigenvalue weighted by Crippen LogP contribution is -2.60. The molecule has 4 unspecified atom stereocenters. The Morgan fingerprint density at radius 1 is 0.912 bits per heavy atom. The van der Waals surface area contributed by atoms with Gasteiger partial charge in [-0.3, -0.25) is 0 Å². The molecule has 0 aromatic rings. The SMILES string of the molecule is C[SiH](C)OC(C(C)(C)C)C12C=CC(C(O[SiH](C)C)C(C)(C)C)(CC(OS(=O)(=O)C(F)(F)F)=C1)O2. The van der Waals surface area contributed by atoms with Crippen molar-refractivity contribution in [3.63, 3.8) is 0 Å². The Balaban J connectivity index is 2.71. The van der Waals surface area contributed by atoms with E-state index in [1.165, 1.54) is 6.08 Å². The van der Waals surface area contributed by atoms with Gasteiger partial charge in [-0.25, -0.2) is 0 Å². The van der Waals surface area contributed by atoms with Gasteiger partial charge in [-0.15, -0.1) is 0 Å². The number of fused-ring (bicyclic) bond motifs is 2. The number of hydrogen-bond donors (Lipinski definition) is 0. The van der Waals surface area contributed by atoms with E-state index >= 15 is 0 Å². The van der Waals surface area contributed by atoms with Crippen LogP contribution < -0.4 is 0 Å². The number of halogens is 3. The summed E-state index contributed by atoms with van der Waals surface area (Å²) in [6, 6.07) is 0. The van der Waals surface area contributed by atoms with Crippen LogP contribution in [-0.2, 0) is 27.9 Å². The van der Waals surface area contributed by atoms with Gasteiger partial charge in [0, 0.05) is 6.42 Å². The van der Waals surface area contributed by atoms with Gasteiger partial charge in [0.05, 0.1) is 12.2 Å². The lowest BCUT2D eigenvalue weighted by molar-refractivity contribution is -0.193. The second kappa shape index (κ2) is 9.33. The van der Waals surface area contributed by atoms with Crippen LogP contribution in [0.2, 0.25) is 26.2 Å². The van der Waals surface area contributed by atoms with Crippen LogP contribution >= 0.6 is 0 Å². The van der Waals surface area contributed by atoms with Crippen LogP contribution in [-0.4, -0.2) is 55.4 Å². The zero-order chi connectivity index (χ0) is 26.5. The van der Waals surface area contributed by atoms with Crippen molar-refractivity contribution in [2.24, 2.45) is 10.8 Å². The third kappa shape index (κ3) is 6.17. The van der Waals surface area contributed by atoms with E-state index in [1.807, 2.05) is 67.7 Å². The minimum absolute atomic E-state index is 0.209. The molecule has 2 heterocycles. The van der Waals surface area contributed by atoms with Gasteiger partial charge in [0.1, 0.15) is 17.0 Å². The zero-order valence-corrected chi connectivity index (χ0v) is 24.9. The average molecular weight is 545 g/mol. The van der Waals surface area contributed by atoms with E-state index in [2.05, 4.69) is 0 Å². The Morgan fingerprint density at radius 2 is 1.38 bits per heavy atom. The fourth-order valence-electron chi connectivity index (χ4n) is 4.69. The Labute approximate surface area is 205 Å². The van der Waals surface area contributed by atoms with Crippen LogP contribution in [0.3, 0.4) is 0 Å². The summed E-state index contributed by atoms with van der Waals surface area (Å²) in [4.78, 5) is 0. The van der Waals surface area contributed by atoms with Crippen molar-refractivity contribution in [1.82, 2.24) is 0 Å². The lowest BCUT2D eigenvalue weighted by Gasteiger charge is -2.51. The summed E-state index contributed by atoms with van der Waals surface area (Å²) in [5, 5.41) is 0. The summed E-state index contributed by atoms with van der Waals surface area (Å²) in [6.07, 6.45) is 3.57. The number of rotatable bonds is 8. The van der Waals surface area contributed by atoms with Crippen molar-refractivity contribution in [1.29, 1.82) is 0 Å². The molecule has 0 saturated carbocycles. The van der Waals surface area contributed by atoms with Crippen molar-refractivity contribution in [2.45, 2.75) is 103 Å². The van der Waals surface area contributed by atoms with Crippen LogP contribution in [0.15, 0.2) is 24.0 Å². The van der Waals surface area contributed by atoms with Gasteiger partial charge in [0.2, 0.25) is 0 Å². The second-order valence-electron chi connectivity index (χ2n) is 11.9.